The zero-order chi connectivity index (χ0) is 16.5. The van der Waals surface area contributed by atoms with Gasteiger partial charge in [-0.25, -0.2) is 0 Å². The van der Waals surface area contributed by atoms with Gasteiger partial charge in [-0.3, -0.25) is 9.59 Å². The molecule has 1 aromatic carbocycles. The predicted molar refractivity (Wildman–Crippen MR) is 85.2 cm³/mol. The summed E-state index contributed by atoms with van der Waals surface area (Å²) < 4.78 is 0. The molecule has 4 heteroatoms. The normalized spacial score (nSPS) is 28.1. The fraction of sp³-hybridized carbons (Fsp3) is 0.556. The second-order valence-corrected chi connectivity index (χ2v) is 7.09. The number of rotatable bonds is 4. The predicted octanol–water partition coefficient (Wildman–Crippen LogP) is 3.39. The van der Waals surface area contributed by atoms with Crippen molar-refractivity contribution in [2.45, 2.75) is 46.6 Å². The minimum absolute atomic E-state index is 0.0497. The summed E-state index contributed by atoms with van der Waals surface area (Å²) in [7, 11) is 0. The fourth-order valence-corrected chi connectivity index (χ4v) is 3.48. The van der Waals surface area contributed by atoms with Crippen molar-refractivity contribution in [3.05, 3.63) is 35.9 Å². The number of aliphatic carboxylic acids is 1. The first kappa shape index (κ1) is 16.5. The fourth-order valence-electron chi connectivity index (χ4n) is 3.48. The van der Waals surface area contributed by atoms with Crippen LogP contribution < -0.4 is 5.32 Å². The van der Waals surface area contributed by atoms with E-state index in [1.165, 1.54) is 0 Å². The average Bonchev–Trinajstić information content (AvgIpc) is 2.71. The van der Waals surface area contributed by atoms with E-state index in [0.29, 0.717) is 12.8 Å². The Morgan fingerprint density at radius 1 is 1.23 bits per heavy atom. The Labute approximate surface area is 131 Å². The average molecular weight is 303 g/mol. The molecule has 0 saturated heterocycles. The Balaban J connectivity index is 2.13. The number of carbonyl (C=O) groups is 2. The van der Waals surface area contributed by atoms with Crippen molar-refractivity contribution in [2.75, 3.05) is 0 Å². The molecule has 1 amide bonds. The first-order chi connectivity index (χ1) is 10.2. The van der Waals surface area contributed by atoms with Crippen LogP contribution in [-0.4, -0.2) is 17.0 Å². The summed E-state index contributed by atoms with van der Waals surface area (Å²) in [6, 6.07) is 9.70. The second-order valence-electron chi connectivity index (χ2n) is 7.09. The molecule has 0 spiro atoms. The Morgan fingerprint density at radius 2 is 1.82 bits per heavy atom. The molecule has 22 heavy (non-hydrogen) atoms. The van der Waals surface area contributed by atoms with Crippen LogP contribution in [0.4, 0.5) is 0 Å². The topological polar surface area (TPSA) is 66.4 Å². The number of carboxylic acid groups (broad SMARTS) is 1. The Morgan fingerprint density at radius 3 is 2.32 bits per heavy atom. The molecule has 2 rings (SSSR count). The van der Waals surface area contributed by atoms with Gasteiger partial charge in [0.2, 0.25) is 5.91 Å². The first-order valence-electron chi connectivity index (χ1n) is 7.79. The Bertz CT molecular complexity index is 567. The number of carboxylic acids is 1. The van der Waals surface area contributed by atoms with Gasteiger partial charge in [0.25, 0.3) is 0 Å². The van der Waals surface area contributed by atoms with Gasteiger partial charge in [0, 0.05) is 5.92 Å². The third kappa shape index (κ3) is 2.62. The molecular weight excluding hydrogens is 278 g/mol. The van der Waals surface area contributed by atoms with Crippen molar-refractivity contribution in [1.29, 1.82) is 0 Å². The van der Waals surface area contributed by atoms with Crippen molar-refractivity contribution in [2.24, 2.45) is 16.7 Å². The van der Waals surface area contributed by atoms with Crippen LogP contribution in [-0.2, 0) is 9.59 Å². The second kappa shape index (κ2) is 5.75. The maximum Gasteiger partial charge on any atom is 0.309 e. The van der Waals surface area contributed by atoms with E-state index in [4.69, 9.17) is 0 Å². The smallest absolute Gasteiger partial charge is 0.309 e. The summed E-state index contributed by atoms with van der Waals surface area (Å²) in [5, 5.41) is 12.6. The highest BCUT2D eigenvalue weighted by molar-refractivity contribution is 5.84. The van der Waals surface area contributed by atoms with E-state index in [1.54, 1.807) is 6.92 Å². The summed E-state index contributed by atoms with van der Waals surface area (Å²) in [6.45, 7) is 7.49. The number of hydrogen-bond donors (Lipinski definition) is 2. The van der Waals surface area contributed by atoms with Crippen LogP contribution in [0, 0.1) is 16.7 Å². The molecule has 120 valence electrons. The summed E-state index contributed by atoms with van der Waals surface area (Å²) in [5.74, 6) is -1.14. The van der Waals surface area contributed by atoms with Gasteiger partial charge in [-0.05, 0) is 37.7 Å². The number of nitrogens with one attached hydrogen (secondary N) is 1. The maximum atomic E-state index is 12.7. The van der Waals surface area contributed by atoms with Crippen LogP contribution in [0.25, 0.3) is 0 Å². The highest BCUT2D eigenvalue weighted by atomic mass is 16.4. The summed E-state index contributed by atoms with van der Waals surface area (Å²) in [5.41, 5.74) is -0.378. The lowest BCUT2D eigenvalue weighted by molar-refractivity contribution is -0.155. The van der Waals surface area contributed by atoms with Gasteiger partial charge in [-0.1, -0.05) is 44.2 Å². The summed E-state index contributed by atoms with van der Waals surface area (Å²) >= 11 is 0. The molecule has 0 aromatic heterocycles. The zero-order valence-electron chi connectivity index (χ0n) is 13.7. The lowest BCUT2D eigenvalue weighted by Crippen LogP contribution is -2.45. The Hall–Kier alpha value is -1.84. The molecule has 1 fully saturated rings. The standard InChI is InChI=1S/C18H25NO3/c1-12(13-8-6-5-7-9-13)19-15(20)14-10-11-18(4,16(21)22)17(14,2)3/h5-9,12,14H,10-11H2,1-4H3,(H,19,20)(H,21,22)/t12-,14-,18+/m0/s1. The molecule has 2 N–H and O–H groups in total. The molecular formula is C18H25NO3. The van der Waals surface area contributed by atoms with Crippen LogP contribution in [0.2, 0.25) is 0 Å². The number of benzene rings is 1. The Kier molecular flexibility index (Phi) is 4.32. The van der Waals surface area contributed by atoms with Gasteiger partial charge in [-0.15, -0.1) is 0 Å². The first-order valence-corrected chi connectivity index (χ1v) is 7.79. The number of hydrogen-bond acceptors (Lipinski definition) is 2. The molecule has 0 unspecified atom stereocenters. The monoisotopic (exact) mass is 303 g/mol. The lowest BCUT2D eigenvalue weighted by Gasteiger charge is -2.38. The van der Waals surface area contributed by atoms with Gasteiger partial charge in [0.05, 0.1) is 11.5 Å². The maximum absolute atomic E-state index is 12.7. The molecule has 1 aliphatic carbocycles. The highest BCUT2D eigenvalue weighted by Gasteiger charge is 2.58. The van der Waals surface area contributed by atoms with Gasteiger partial charge in [0.15, 0.2) is 0 Å². The van der Waals surface area contributed by atoms with Crippen LogP contribution in [0.1, 0.15) is 52.1 Å². The third-order valence-electron chi connectivity index (χ3n) is 5.67. The van der Waals surface area contributed by atoms with Gasteiger partial charge < -0.3 is 10.4 Å². The van der Waals surface area contributed by atoms with Crippen molar-refractivity contribution in [1.82, 2.24) is 5.32 Å². The van der Waals surface area contributed by atoms with Crippen LogP contribution in [0.5, 0.6) is 0 Å². The number of amides is 1. The molecule has 0 bridgehead atoms. The molecule has 1 aliphatic rings. The molecule has 0 aliphatic heterocycles. The van der Waals surface area contributed by atoms with E-state index < -0.39 is 16.8 Å². The van der Waals surface area contributed by atoms with E-state index in [0.717, 1.165) is 5.56 Å². The quantitative estimate of drug-likeness (QED) is 0.896. The zero-order valence-corrected chi connectivity index (χ0v) is 13.7. The van der Waals surface area contributed by atoms with E-state index in [1.807, 2.05) is 51.1 Å². The lowest BCUT2D eigenvalue weighted by atomic mass is 9.65. The van der Waals surface area contributed by atoms with Crippen molar-refractivity contribution >= 4 is 11.9 Å². The van der Waals surface area contributed by atoms with Gasteiger partial charge in [0.1, 0.15) is 0 Å². The van der Waals surface area contributed by atoms with E-state index in [2.05, 4.69) is 5.32 Å². The largest absolute Gasteiger partial charge is 0.481 e. The van der Waals surface area contributed by atoms with Gasteiger partial charge >= 0.3 is 5.97 Å². The van der Waals surface area contributed by atoms with Crippen molar-refractivity contribution in [3.63, 3.8) is 0 Å². The van der Waals surface area contributed by atoms with E-state index in [9.17, 15) is 14.7 Å². The molecule has 0 heterocycles. The third-order valence-corrected chi connectivity index (χ3v) is 5.67. The minimum atomic E-state index is -0.856. The van der Waals surface area contributed by atoms with E-state index >= 15 is 0 Å². The van der Waals surface area contributed by atoms with E-state index in [-0.39, 0.29) is 17.9 Å². The molecule has 3 atom stereocenters. The number of carbonyl (C=O) groups excluding carboxylic acids is 1. The van der Waals surface area contributed by atoms with Crippen molar-refractivity contribution in [3.8, 4) is 0 Å². The van der Waals surface area contributed by atoms with Crippen LogP contribution in [0.3, 0.4) is 0 Å². The molecule has 1 saturated carbocycles. The SMILES string of the molecule is C[C@H](NC(=O)[C@@H]1CC[C@](C)(C(=O)O)C1(C)C)c1ccccc1. The summed E-state index contributed by atoms with van der Waals surface area (Å²) in [6.07, 6.45) is 1.15. The van der Waals surface area contributed by atoms with Gasteiger partial charge in [-0.2, -0.15) is 0 Å². The molecule has 1 aromatic rings. The van der Waals surface area contributed by atoms with Crippen LogP contribution >= 0.6 is 0 Å². The highest BCUT2D eigenvalue weighted by Crippen LogP contribution is 2.56. The molecule has 4 nitrogen and oxygen atoms in total. The van der Waals surface area contributed by atoms with Crippen molar-refractivity contribution < 1.29 is 14.7 Å². The molecule has 0 radical (unpaired) electrons. The summed E-state index contributed by atoms with van der Waals surface area (Å²) in [4.78, 5) is 24.3. The van der Waals surface area contributed by atoms with Crippen LogP contribution in [0.15, 0.2) is 30.3 Å². The minimum Gasteiger partial charge on any atom is -0.481 e.